The van der Waals surface area contributed by atoms with Crippen LogP contribution in [0.25, 0.3) is 0 Å². The van der Waals surface area contributed by atoms with Crippen LogP contribution in [0.4, 0.5) is 5.69 Å². The van der Waals surface area contributed by atoms with Gasteiger partial charge in [0.25, 0.3) is 11.6 Å². The highest BCUT2D eigenvalue weighted by molar-refractivity contribution is 6.33. The molecule has 2 aromatic carbocycles. The number of halogens is 1. The van der Waals surface area contributed by atoms with E-state index in [2.05, 4.69) is 0 Å². The van der Waals surface area contributed by atoms with Gasteiger partial charge in [0, 0.05) is 19.2 Å². The van der Waals surface area contributed by atoms with Crippen molar-refractivity contribution < 1.29 is 9.72 Å². The molecule has 5 nitrogen and oxygen atoms in total. The molecular weight excluding hydrogens is 304 g/mol. The van der Waals surface area contributed by atoms with Crippen LogP contribution in [0.5, 0.6) is 0 Å². The molecule has 114 valence electrons. The van der Waals surface area contributed by atoms with E-state index >= 15 is 0 Å². The fraction of sp³-hybridized carbons (Fsp3) is 0.188. The normalized spacial score (nSPS) is 11.8. The third-order valence-electron chi connectivity index (χ3n) is 3.57. The lowest BCUT2D eigenvalue weighted by molar-refractivity contribution is -0.384. The van der Waals surface area contributed by atoms with E-state index in [1.54, 1.807) is 43.4 Å². The van der Waals surface area contributed by atoms with E-state index in [-0.39, 0.29) is 17.6 Å². The lowest BCUT2D eigenvalue weighted by Crippen LogP contribution is -2.29. The van der Waals surface area contributed by atoms with E-state index in [4.69, 9.17) is 11.6 Å². The van der Waals surface area contributed by atoms with Gasteiger partial charge in [-0.25, -0.2) is 0 Å². The average molecular weight is 319 g/mol. The van der Waals surface area contributed by atoms with Gasteiger partial charge in [0.1, 0.15) is 0 Å². The second kappa shape index (κ2) is 6.58. The van der Waals surface area contributed by atoms with Gasteiger partial charge in [-0.15, -0.1) is 0 Å². The van der Waals surface area contributed by atoms with Gasteiger partial charge in [0.05, 0.1) is 21.6 Å². The smallest absolute Gasteiger partial charge is 0.269 e. The van der Waals surface area contributed by atoms with E-state index in [0.29, 0.717) is 16.1 Å². The molecule has 0 aromatic heterocycles. The molecule has 0 radical (unpaired) electrons. The highest BCUT2D eigenvalue weighted by Gasteiger charge is 2.21. The van der Waals surface area contributed by atoms with Gasteiger partial charge in [-0.3, -0.25) is 14.9 Å². The molecule has 0 aliphatic carbocycles. The van der Waals surface area contributed by atoms with Gasteiger partial charge < -0.3 is 4.90 Å². The summed E-state index contributed by atoms with van der Waals surface area (Å²) >= 11 is 6.04. The molecule has 22 heavy (non-hydrogen) atoms. The van der Waals surface area contributed by atoms with Crippen molar-refractivity contribution in [2.45, 2.75) is 13.0 Å². The molecule has 0 N–H and O–H groups in total. The Labute approximate surface area is 133 Å². The molecule has 0 fully saturated rings. The summed E-state index contributed by atoms with van der Waals surface area (Å²) in [5.74, 6) is -0.232. The standard InChI is InChI=1S/C16H15ClN2O3/c1-11(12-6-5-7-13(10-12)19(21)22)18(2)16(20)14-8-3-4-9-15(14)17/h3-11H,1-2H3. The zero-order valence-corrected chi connectivity index (χ0v) is 12.9. The Kier molecular flexibility index (Phi) is 4.78. The fourth-order valence-electron chi connectivity index (χ4n) is 2.12. The van der Waals surface area contributed by atoms with E-state index < -0.39 is 4.92 Å². The molecule has 1 unspecified atom stereocenters. The minimum Gasteiger partial charge on any atom is -0.335 e. The minimum absolute atomic E-state index is 0.00272. The van der Waals surface area contributed by atoms with Gasteiger partial charge in [0.15, 0.2) is 0 Å². The molecular formula is C16H15ClN2O3. The predicted molar refractivity (Wildman–Crippen MR) is 85.1 cm³/mol. The van der Waals surface area contributed by atoms with Crippen LogP contribution in [0.3, 0.4) is 0 Å². The summed E-state index contributed by atoms with van der Waals surface area (Å²) in [5.41, 5.74) is 1.10. The van der Waals surface area contributed by atoms with Crippen LogP contribution < -0.4 is 0 Å². The second-order valence-electron chi connectivity index (χ2n) is 4.92. The fourth-order valence-corrected chi connectivity index (χ4v) is 2.34. The van der Waals surface area contributed by atoms with Crippen LogP contribution in [-0.4, -0.2) is 22.8 Å². The number of rotatable bonds is 4. The molecule has 0 spiro atoms. The minimum atomic E-state index is -0.452. The predicted octanol–water partition coefficient (Wildman–Crippen LogP) is 4.08. The van der Waals surface area contributed by atoms with Gasteiger partial charge in [-0.05, 0) is 24.6 Å². The Morgan fingerprint density at radius 1 is 1.23 bits per heavy atom. The lowest BCUT2D eigenvalue weighted by atomic mass is 10.1. The first-order valence-corrected chi connectivity index (χ1v) is 7.05. The molecule has 0 aliphatic heterocycles. The van der Waals surface area contributed by atoms with Crippen LogP contribution in [0.1, 0.15) is 28.9 Å². The van der Waals surface area contributed by atoms with Gasteiger partial charge in [0.2, 0.25) is 0 Å². The summed E-state index contributed by atoms with van der Waals surface area (Å²) < 4.78 is 0. The summed E-state index contributed by atoms with van der Waals surface area (Å²) in [6, 6.07) is 12.7. The number of hydrogen-bond donors (Lipinski definition) is 0. The molecule has 1 amide bonds. The van der Waals surface area contributed by atoms with Crippen LogP contribution in [0.15, 0.2) is 48.5 Å². The Hall–Kier alpha value is -2.40. The number of nitrogens with zero attached hydrogens (tertiary/aromatic N) is 2. The highest BCUT2D eigenvalue weighted by Crippen LogP contribution is 2.26. The number of carbonyl (C=O) groups excluding carboxylic acids is 1. The van der Waals surface area contributed by atoms with Crippen molar-refractivity contribution in [1.29, 1.82) is 0 Å². The average Bonchev–Trinajstić information content (AvgIpc) is 2.53. The molecule has 0 saturated carbocycles. The van der Waals surface area contributed by atoms with Crippen molar-refractivity contribution in [3.05, 3.63) is 74.8 Å². The Morgan fingerprint density at radius 2 is 1.91 bits per heavy atom. The van der Waals surface area contributed by atoms with Gasteiger partial charge >= 0.3 is 0 Å². The largest absolute Gasteiger partial charge is 0.335 e. The highest BCUT2D eigenvalue weighted by atomic mass is 35.5. The maximum Gasteiger partial charge on any atom is 0.269 e. The molecule has 0 heterocycles. The zero-order valence-electron chi connectivity index (χ0n) is 12.2. The number of nitro groups is 1. The molecule has 2 aromatic rings. The Balaban J connectivity index is 2.27. The number of hydrogen-bond acceptors (Lipinski definition) is 3. The second-order valence-corrected chi connectivity index (χ2v) is 5.33. The van der Waals surface area contributed by atoms with Crippen molar-refractivity contribution >= 4 is 23.2 Å². The topological polar surface area (TPSA) is 63.5 Å². The number of carbonyl (C=O) groups is 1. The monoisotopic (exact) mass is 318 g/mol. The van der Waals surface area contributed by atoms with E-state index in [0.717, 1.165) is 0 Å². The molecule has 0 aliphatic rings. The van der Waals surface area contributed by atoms with Crippen LogP contribution in [-0.2, 0) is 0 Å². The summed E-state index contributed by atoms with van der Waals surface area (Å²) in [6.45, 7) is 1.81. The van der Waals surface area contributed by atoms with E-state index in [1.165, 1.54) is 17.0 Å². The third kappa shape index (κ3) is 3.26. The molecule has 6 heteroatoms. The van der Waals surface area contributed by atoms with Crippen molar-refractivity contribution in [2.24, 2.45) is 0 Å². The first-order chi connectivity index (χ1) is 10.4. The Morgan fingerprint density at radius 3 is 2.55 bits per heavy atom. The summed E-state index contributed by atoms with van der Waals surface area (Å²) in [4.78, 5) is 24.4. The van der Waals surface area contributed by atoms with Crippen LogP contribution in [0, 0.1) is 10.1 Å². The van der Waals surface area contributed by atoms with Crippen LogP contribution >= 0.6 is 11.6 Å². The van der Waals surface area contributed by atoms with Gasteiger partial charge in [-0.2, -0.15) is 0 Å². The van der Waals surface area contributed by atoms with Crippen LogP contribution in [0.2, 0.25) is 5.02 Å². The molecule has 0 bridgehead atoms. The summed E-state index contributed by atoms with van der Waals surface area (Å²) in [5, 5.41) is 11.2. The molecule has 1 atom stereocenters. The maximum atomic E-state index is 12.5. The number of benzene rings is 2. The SMILES string of the molecule is CC(c1cccc([N+](=O)[O-])c1)N(C)C(=O)c1ccccc1Cl. The quantitative estimate of drug-likeness (QED) is 0.630. The van der Waals surface area contributed by atoms with Crippen molar-refractivity contribution in [2.75, 3.05) is 7.05 Å². The first-order valence-electron chi connectivity index (χ1n) is 6.68. The number of non-ortho nitro benzene ring substituents is 1. The maximum absolute atomic E-state index is 12.5. The Bertz CT molecular complexity index is 718. The molecule has 2 rings (SSSR count). The lowest BCUT2D eigenvalue weighted by Gasteiger charge is -2.25. The molecule has 0 saturated heterocycles. The third-order valence-corrected chi connectivity index (χ3v) is 3.90. The van der Waals surface area contributed by atoms with Crippen molar-refractivity contribution in [3.63, 3.8) is 0 Å². The van der Waals surface area contributed by atoms with Crippen molar-refractivity contribution in [1.82, 2.24) is 4.90 Å². The van der Waals surface area contributed by atoms with Gasteiger partial charge in [-0.1, -0.05) is 35.9 Å². The van der Waals surface area contributed by atoms with E-state index in [9.17, 15) is 14.9 Å². The van der Waals surface area contributed by atoms with Crippen molar-refractivity contribution in [3.8, 4) is 0 Å². The summed E-state index contributed by atoms with van der Waals surface area (Å²) in [7, 11) is 1.65. The number of amides is 1. The van der Waals surface area contributed by atoms with E-state index in [1.807, 2.05) is 6.92 Å². The number of nitro benzene ring substituents is 1. The first kappa shape index (κ1) is 16.0. The summed E-state index contributed by atoms with van der Waals surface area (Å²) in [6.07, 6.45) is 0. The zero-order chi connectivity index (χ0) is 16.3.